The molecule has 2 rings (SSSR count). The summed E-state index contributed by atoms with van der Waals surface area (Å²) in [6, 6.07) is 5.48. The summed E-state index contributed by atoms with van der Waals surface area (Å²) in [5, 5.41) is 13.2. The normalized spacial score (nSPS) is 24.0. The largest absolute Gasteiger partial charge is 0.508 e. The molecule has 0 radical (unpaired) electrons. The Morgan fingerprint density at radius 1 is 1.44 bits per heavy atom. The van der Waals surface area contributed by atoms with Crippen LogP contribution in [0.3, 0.4) is 0 Å². The Balaban J connectivity index is 2.06. The van der Waals surface area contributed by atoms with E-state index in [0.717, 1.165) is 11.1 Å². The molecule has 2 atom stereocenters. The van der Waals surface area contributed by atoms with Crippen LogP contribution in [0.15, 0.2) is 18.2 Å². The summed E-state index contributed by atoms with van der Waals surface area (Å²) in [4.78, 5) is 0. The Labute approximate surface area is 108 Å². The second kappa shape index (κ2) is 4.90. The van der Waals surface area contributed by atoms with Crippen LogP contribution in [0.2, 0.25) is 0 Å². The maximum absolute atomic E-state index is 11.4. The van der Waals surface area contributed by atoms with Crippen LogP contribution in [-0.2, 0) is 9.84 Å². The van der Waals surface area contributed by atoms with Crippen LogP contribution >= 0.6 is 0 Å². The first-order valence-electron chi connectivity index (χ1n) is 6.13. The van der Waals surface area contributed by atoms with E-state index in [1.54, 1.807) is 6.07 Å². The van der Waals surface area contributed by atoms with Crippen molar-refractivity contribution in [3.05, 3.63) is 29.3 Å². The van der Waals surface area contributed by atoms with Crippen LogP contribution in [0.5, 0.6) is 5.75 Å². The van der Waals surface area contributed by atoms with E-state index in [1.165, 1.54) is 0 Å². The minimum Gasteiger partial charge on any atom is -0.508 e. The van der Waals surface area contributed by atoms with Crippen molar-refractivity contribution >= 4 is 9.84 Å². The molecule has 1 saturated heterocycles. The molecule has 5 heteroatoms. The van der Waals surface area contributed by atoms with Crippen molar-refractivity contribution in [3.8, 4) is 5.75 Å². The lowest BCUT2D eigenvalue weighted by Crippen LogP contribution is -2.32. The van der Waals surface area contributed by atoms with Gasteiger partial charge in [-0.25, -0.2) is 8.42 Å². The highest BCUT2D eigenvalue weighted by atomic mass is 32.2. The number of phenols is 1. The van der Waals surface area contributed by atoms with E-state index in [4.69, 9.17) is 0 Å². The van der Waals surface area contributed by atoms with Gasteiger partial charge < -0.3 is 10.4 Å². The predicted molar refractivity (Wildman–Crippen MR) is 71.5 cm³/mol. The van der Waals surface area contributed by atoms with Crippen LogP contribution in [0.1, 0.15) is 30.5 Å². The van der Waals surface area contributed by atoms with Gasteiger partial charge in [0.15, 0.2) is 9.84 Å². The zero-order chi connectivity index (χ0) is 13.3. The Kier molecular flexibility index (Phi) is 3.64. The molecule has 1 aromatic carbocycles. The van der Waals surface area contributed by atoms with Crippen molar-refractivity contribution in [2.75, 3.05) is 11.5 Å². The van der Waals surface area contributed by atoms with Gasteiger partial charge in [-0.15, -0.1) is 0 Å². The monoisotopic (exact) mass is 269 g/mol. The number of benzene rings is 1. The van der Waals surface area contributed by atoms with Gasteiger partial charge in [0.05, 0.1) is 11.5 Å². The summed E-state index contributed by atoms with van der Waals surface area (Å²) in [5.74, 6) is 0.720. The van der Waals surface area contributed by atoms with E-state index in [9.17, 15) is 13.5 Å². The number of hydrogen-bond acceptors (Lipinski definition) is 4. The van der Waals surface area contributed by atoms with E-state index >= 15 is 0 Å². The summed E-state index contributed by atoms with van der Waals surface area (Å²) in [7, 11) is -2.87. The number of sulfone groups is 1. The summed E-state index contributed by atoms with van der Waals surface area (Å²) >= 11 is 0. The molecule has 2 unspecified atom stereocenters. The number of aromatic hydroxyl groups is 1. The summed E-state index contributed by atoms with van der Waals surface area (Å²) in [6.07, 6.45) is 0.652. The molecule has 4 nitrogen and oxygen atoms in total. The summed E-state index contributed by atoms with van der Waals surface area (Å²) in [5.41, 5.74) is 1.82. The topological polar surface area (TPSA) is 66.4 Å². The van der Waals surface area contributed by atoms with E-state index in [1.807, 2.05) is 26.0 Å². The molecule has 0 amide bonds. The number of rotatable bonds is 3. The van der Waals surface area contributed by atoms with Crippen molar-refractivity contribution < 1.29 is 13.5 Å². The van der Waals surface area contributed by atoms with Gasteiger partial charge >= 0.3 is 0 Å². The Hall–Kier alpha value is -1.07. The molecule has 0 saturated carbocycles. The smallest absolute Gasteiger partial charge is 0.151 e. The first-order valence-corrected chi connectivity index (χ1v) is 7.95. The van der Waals surface area contributed by atoms with Gasteiger partial charge in [-0.05, 0) is 31.9 Å². The fourth-order valence-corrected chi connectivity index (χ4v) is 4.08. The molecule has 0 aliphatic carbocycles. The fraction of sp³-hybridized carbons (Fsp3) is 0.538. The molecular weight excluding hydrogens is 250 g/mol. The average Bonchev–Trinajstić information content (AvgIpc) is 2.57. The molecule has 1 aliphatic rings. The minimum absolute atomic E-state index is 0.00861. The molecule has 0 bridgehead atoms. The average molecular weight is 269 g/mol. The van der Waals surface area contributed by atoms with Gasteiger partial charge in [0.25, 0.3) is 0 Å². The van der Waals surface area contributed by atoms with E-state index in [2.05, 4.69) is 5.32 Å². The molecule has 1 heterocycles. The third kappa shape index (κ3) is 3.03. The lowest BCUT2D eigenvalue weighted by Gasteiger charge is -2.19. The van der Waals surface area contributed by atoms with Crippen molar-refractivity contribution in [1.29, 1.82) is 0 Å². The quantitative estimate of drug-likeness (QED) is 0.873. The Morgan fingerprint density at radius 2 is 2.17 bits per heavy atom. The van der Waals surface area contributed by atoms with Crippen LogP contribution < -0.4 is 5.32 Å². The molecule has 1 aliphatic heterocycles. The zero-order valence-electron chi connectivity index (χ0n) is 10.7. The second-order valence-corrected chi connectivity index (χ2v) is 7.28. The van der Waals surface area contributed by atoms with Crippen LogP contribution in [0.4, 0.5) is 0 Å². The predicted octanol–water partition coefficient (Wildman–Crippen LogP) is 1.54. The highest BCUT2D eigenvalue weighted by Gasteiger charge is 2.29. The van der Waals surface area contributed by atoms with Gasteiger partial charge in [-0.3, -0.25) is 0 Å². The van der Waals surface area contributed by atoms with Crippen LogP contribution in [-0.4, -0.2) is 31.1 Å². The highest BCUT2D eigenvalue weighted by Crippen LogP contribution is 2.26. The second-order valence-electron chi connectivity index (χ2n) is 5.05. The first kappa shape index (κ1) is 13.4. The number of nitrogens with one attached hydrogen (secondary N) is 1. The van der Waals surface area contributed by atoms with E-state index in [-0.39, 0.29) is 29.3 Å². The molecule has 1 fully saturated rings. The SMILES string of the molecule is Cc1ccc(C(C)NC2CCS(=O)(=O)C2)c(O)c1. The number of aryl methyl sites for hydroxylation is 1. The van der Waals surface area contributed by atoms with Crippen molar-refractivity contribution in [2.24, 2.45) is 0 Å². The first-order chi connectivity index (χ1) is 8.37. The fourth-order valence-electron chi connectivity index (χ4n) is 2.39. The molecule has 100 valence electrons. The van der Waals surface area contributed by atoms with Gasteiger partial charge in [-0.1, -0.05) is 12.1 Å². The number of phenolic OH excluding ortho intramolecular Hbond substituents is 1. The molecule has 2 N–H and O–H groups in total. The van der Waals surface area contributed by atoms with Crippen LogP contribution in [0, 0.1) is 6.92 Å². The Bertz CT molecular complexity index is 539. The van der Waals surface area contributed by atoms with Gasteiger partial charge in [0, 0.05) is 17.6 Å². The maximum atomic E-state index is 11.4. The molecule has 0 spiro atoms. The minimum atomic E-state index is -2.87. The Morgan fingerprint density at radius 3 is 2.72 bits per heavy atom. The highest BCUT2D eigenvalue weighted by molar-refractivity contribution is 7.91. The molecule has 18 heavy (non-hydrogen) atoms. The van der Waals surface area contributed by atoms with Crippen molar-refractivity contribution in [3.63, 3.8) is 0 Å². The standard InChI is InChI=1S/C13H19NO3S/c1-9-3-4-12(13(15)7-9)10(2)14-11-5-6-18(16,17)8-11/h3-4,7,10-11,14-15H,5-6,8H2,1-2H3. The van der Waals surface area contributed by atoms with E-state index in [0.29, 0.717) is 6.42 Å². The van der Waals surface area contributed by atoms with Crippen LogP contribution in [0.25, 0.3) is 0 Å². The van der Waals surface area contributed by atoms with Crippen molar-refractivity contribution in [1.82, 2.24) is 5.32 Å². The molecule has 1 aromatic rings. The molecule has 0 aromatic heterocycles. The summed E-state index contributed by atoms with van der Waals surface area (Å²) < 4.78 is 22.8. The van der Waals surface area contributed by atoms with Gasteiger partial charge in [-0.2, -0.15) is 0 Å². The maximum Gasteiger partial charge on any atom is 0.151 e. The lowest BCUT2D eigenvalue weighted by molar-refractivity contribution is 0.436. The van der Waals surface area contributed by atoms with E-state index < -0.39 is 9.84 Å². The van der Waals surface area contributed by atoms with Gasteiger partial charge in [0.1, 0.15) is 5.75 Å². The summed E-state index contributed by atoms with van der Waals surface area (Å²) in [6.45, 7) is 3.86. The lowest BCUT2D eigenvalue weighted by atomic mass is 10.0. The third-order valence-electron chi connectivity index (χ3n) is 3.37. The number of hydrogen-bond donors (Lipinski definition) is 2. The van der Waals surface area contributed by atoms with Crippen molar-refractivity contribution in [2.45, 2.75) is 32.4 Å². The zero-order valence-corrected chi connectivity index (χ0v) is 11.5. The third-order valence-corrected chi connectivity index (χ3v) is 5.14. The van der Waals surface area contributed by atoms with Gasteiger partial charge in [0.2, 0.25) is 0 Å². The molecular formula is C13H19NO3S.